The molecule has 0 aromatic heterocycles. The Morgan fingerprint density at radius 3 is 2.56 bits per heavy atom. The lowest BCUT2D eigenvalue weighted by Crippen LogP contribution is -2.38. The fraction of sp³-hybridized carbons (Fsp3) is 0.364. The van der Waals surface area contributed by atoms with Crippen LogP contribution in [0.4, 0.5) is 4.39 Å². The molecule has 0 spiro atoms. The van der Waals surface area contributed by atoms with Gasteiger partial charge in [0.15, 0.2) is 0 Å². The van der Waals surface area contributed by atoms with Gasteiger partial charge >= 0.3 is 0 Å². The van der Waals surface area contributed by atoms with E-state index in [1.165, 1.54) is 18.2 Å². The maximum Gasteiger partial charge on any atom is 0.246 e. The molecule has 5 nitrogen and oxygen atoms in total. The number of amidine groups is 1. The normalized spacial score (nSPS) is 11.7. The smallest absolute Gasteiger partial charge is 0.246 e. The summed E-state index contributed by atoms with van der Waals surface area (Å²) in [5.74, 6) is -1.08. The molecular weight excluding hydrogens is 257 g/mol. The van der Waals surface area contributed by atoms with Crippen molar-refractivity contribution >= 4 is 15.9 Å². The minimum atomic E-state index is -3.95. The number of nitrogens with zero attached hydrogens (tertiary/aromatic N) is 1. The van der Waals surface area contributed by atoms with Gasteiger partial charge in [-0.15, -0.1) is 0 Å². The molecule has 1 aromatic rings. The molecule has 100 valence electrons. The summed E-state index contributed by atoms with van der Waals surface area (Å²) in [7, 11) is -3.95. The number of sulfonamides is 1. The molecule has 7 heteroatoms. The second-order valence-corrected chi connectivity index (χ2v) is 5.70. The zero-order valence-electron chi connectivity index (χ0n) is 10.1. The first kappa shape index (κ1) is 14.6. The van der Waals surface area contributed by atoms with E-state index in [0.717, 1.165) is 10.4 Å². The van der Waals surface area contributed by atoms with E-state index in [9.17, 15) is 12.8 Å². The quantitative estimate of drug-likeness (QED) is 0.602. The molecule has 0 aliphatic rings. The van der Waals surface area contributed by atoms with Crippen LogP contribution in [0.2, 0.25) is 0 Å². The summed E-state index contributed by atoms with van der Waals surface area (Å²) < 4.78 is 39.0. The predicted octanol–water partition coefficient (Wildman–Crippen LogP) is 1.16. The van der Waals surface area contributed by atoms with E-state index < -0.39 is 15.8 Å². The van der Waals surface area contributed by atoms with E-state index >= 15 is 0 Å². The number of nitrogens with one attached hydrogen (secondary N) is 1. The number of benzene rings is 1. The lowest BCUT2D eigenvalue weighted by molar-refractivity contribution is 0.442. The van der Waals surface area contributed by atoms with Crippen molar-refractivity contribution in [1.82, 2.24) is 4.31 Å². The number of rotatable bonds is 6. The van der Waals surface area contributed by atoms with Crippen molar-refractivity contribution in [2.75, 3.05) is 13.1 Å². The molecule has 0 saturated carbocycles. The molecule has 0 aliphatic carbocycles. The second-order valence-electron chi connectivity index (χ2n) is 3.79. The van der Waals surface area contributed by atoms with Crippen LogP contribution in [0.15, 0.2) is 29.2 Å². The zero-order chi connectivity index (χ0) is 13.8. The van der Waals surface area contributed by atoms with E-state index in [4.69, 9.17) is 11.1 Å². The van der Waals surface area contributed by atoms with Gasteiger partial charge in [-0.25, -0.2) is 12.8 Å². The van der Waals surface area contributed by atoms with Crippen LogP contribution in [0.5, 0.6) is 0 Å². The largest absolute Gasteiger partial charge is 0.387 e. The minimum Gasteiger partial charge on any atom is -0.387 e. The first-order chi connectivity index (χ1) is 8.39. The standard InChI is InChI=1S/C11H16FN3O2S/c1-2-7-15(8-11(13)14)18(16,17)10-6-4-3-5-9(10)12/h3-6H,2,7-8H2,1H3,(H3,13,14). The SMILES string of the molecule is CCCN(CC(=N)N)S(=O)(=O)c1ccccc1F. The van der Waals surface area contributed by atoms with Crippen LogP contribution in [-0.4, -0.2) is 31.6 Å². The molecule has 0 amide bonds. The summed E-state index contributed by atoms with van der Waals surface area (Å²) in [6, 6.07) is 5.16. The molecule has 0 saturated heterocycles. The van der Waals surface area contributed by atoms with E-state index in [1.54, 1.807) is 6.92 Å². The number of hydrogen-bond acceptors (Lipinski definition) is 3. The maximum absolute atomic E-state index is 13.5. The summed E-state index contributed by atoms with van der Waals surface area (Å²) in [5, 5.41) is 7.18. The third-order valence-electron chi connectivity index (χ3n) is 2.27. The molecule has 0 fully saturated rings. The molecular formula is C11H16FN3O2S. The topological polar surface area (TPSA) is 87.2 Å². The van der Waals surface area contributed by atoms with Crippen LogP contribution < -0.4 is 5.73 Å². The summed E-state index contributed by atoms with van der Waals surface area (Å²) in [6.45, 7) is 1.75. The molecule has 0 aliphatic heterocycles. The van der Waals surface area contributed by atoms with E-state index in [-0.39, 0.29) is 23.8 Å². The van der Waals surface area contributed by atoms with Crippen LogP contribution in [0.3, 0.4) is 0 Å². The maximum atomic E-state index is 13.5. The fourth-order valence-corrected chi connectivity index (χ4v) is 3.09. The second kappa shape index (κ2) is 5.92. The van der Waals surface area contributed by atoms with Gasteiger partial charge in [-0.2, -0.15) is 4.31 Å². The third kappa shape index (κ3) is 3.27. The zero-order valence-corrected chi connectivity index (χ0v) is 10.9. The van der Waals surface area contributed by atoms with E-state index in [2.05, 4.69) is 0 Å². The van der Waals surface area contributed by atoms with Gasteiger partial charge in [0.25, 0.3) is 0 Å². The lowest BCUT2D eigenvalue weighted by Gasteiger charge is -2.21. The fourth-order valence-electron chi connectivity index (χ4n) is 1.52. The summed E-state index contributed by atoms with van der Waals surface area (Å²) in [6.07, 6.45) is 0.557. The van der Waals surface area contributed by atoms with Crippen molar-refractivity contribution in [2.24, 2.45) is 5.73 Å². The summed E-state index contributed by atoms with van der Waals surface area (Å²) in [5.41, 5.74) is 5.22. The molecule has 18 heavy (non-hydrogen) atoms. The van der Waals surface area contributed by atoms with Gasteiger partial charge in [-0.05, 0) is 18.6 Å². The Labute approximate surface area is 106 Å². The van der Waals surface area contributed by atoms with Gasteiger partial charge in [0, 0.05) is 6.54 Å². The van der Waals surface area contributed by atoms with E-state index in [1.807, 2.05) is 0 Å². The van der Waals surface area contributed by atoms with Gasteiger partial charge in [-0.3, -0.25) is 5.41 Å². The Morgan fingerprint density at radius 1 is 1.44 bits per heavy atom. The summed E-state index contributed by atoms with van der Waals surface area (Å²) in [4.78, 5) is -0.389. The van der Waals surface area contributed by atoms with Crippen molar-refractivity contribution in [3.05, 3.63) is 30.1 Å². The molecule has 0 atom stereocenters. The monoisotopic (exact) mass is 273 g/mol. The van der Waals surface area contributed by atoms with Crippen molar-refractivity contribution in [1.29, 1.82) is 5.41 Å². The van der Waals surface area contributed by atoms with Crippen LogP contribution in [0.25, 0.3) is 0 Å². The molecule has 0 bridgehead atoms. The van der Waals surface area contributed by atoms with Crippen LogP contribution in [0, 0.1) is 11.2 Å². The molecule has 1 aromatic carbocycles. The number of hydrogen-bond donors (Lipinski definition) is 2. The Bertz CT molecular complexity index is 531. The first-order valence-corrected chi connectivity index (χ1v) is 6.91. The highest BCUT2D eigenvalue weighted by atomic mass is 32.2. The Morgan fingerprint density at radius 2 is 2.06 bits per heavy atom. The van der Waals surface area contributed by atoms with Crippen LogP contribution >= 0.6 is 0 Å². The van der Waals surface area contributed by atoms with Crippen molar-refractivity contribution in [3.63, 3.8) is 0 Å². The molecule has 0 radical (unpaired) electrons. The highest BCUT2D eigenvalue weighted by molar-refractivity contribution is 7.89. The van der Waals surface area contributed by atoms with Gasteiger partial charge in [-0.1, -0.05) is 19.1 Å². The Balaban J connectivity index is 3.17. The van der Waals surface area contributed by atoms with Crippen LogP contribution in [-0.2, 0) is 10.0 Å². The summed E-state index contributed by atoms with van der Waals surface area (Å²) >= 11 is 0. The first-order valence-electron chi connectivity index (χ1n) is 5.47. The molecule has 3 N–H and O–H groups in total. The van der Waals surface area contributed by atoms with Crippen LogP contribution in [0.1, 0.15) is 13.3 Å². The number of nitrogens with two attached hydrogens (primary N) is 1. The molecule has 1 rings (SSSR count). The van der Waals surface area contributed by atoms with Crippen molar-refractivity contribution in [2.45, 2.75) is 18.2 Å². The Hall–Kier alpha value is -1.47. The number of halogens is 1. The minimum absolute atomic E-state index is 0.191. The van der Waals surface area contributed by atoms with Gasteiger partial charge in [0.2, 0.25) is 10.0 Å². The molecule has 0 heterocycles. The van der Waals surface area contributed by atoms with E-state index in [0.29, 0.717) is 6.42 Å². The highest BCUT2D eigenvalue weighted by Gasteiger charge is 2.26. The third-order valence-corrected chi connectivity index (χ3v) is 4.15. The average molecular weight is 273 g/mol. The Kier molecular flexibility index (Phi) is 4.80. The van der Waals surface area contributed by atoms with Gasteiger partial charge < -0.3 is 5.73 Å². The van der Waals surface area contributed by atoms with Crippen molar-refractivity contribution in [3.8, 4) is 0 Å². The average Bonchev–Trinajstić information content (AvgIpc) is 2.28. The van der Waals surface area contributed by atoms with Gasteiger partial charge in [0.05, 0.1) is 6.54 Å². The predicted molar refractivity (Wildman–Crippen MR) is 67.4 cm³/mol. The lowest BCUT2D eigenvalue weighted by atomic mass is 10.3. The van der Waals surface area contributed by atoms with Gasteiger partial charge in [0.1, 0.15) is 16.5 Å². The highest BCUT2D eigenvalue weighted by Crippen LogP contribution is 2.18. The van der Waals surface area contributed by atoms with Crippen molar-refractivity contribution < 1.29 is 12.8 Å². The molecule has 0 unspecified atom stereocenters.